The van der Waals surface area contributed by atoms with Gasteiger partial charge in [-0.25, -0.2) is 0 Å². The first-order valence-electron chi connectivity index (χ1n) is 14.4. The Morgan fingerprint density at radius 2 is 1.22 bits per heavy atom. The second-order valence-corrected chi connectivity index (χ2v) is 12.6. The number of rotatable bonds is 10. The molecular weight excluding hydrogens is 545 g/mol. The molecule has 0 radical (unpaired) electrons. The topological polar surface area (TPSA) is 38.7 Å². The number of aliphatic hydroxyl groups is 1. The number of benzene rings is 4. The molecule has 1 aliphatic carbocycles. The van der Waals surface area contributed by atoms with Crippen LogP contribution in [0.15, 0.2) is 95.7 Å². The third-order valence-corrected chi connectivity index (χ3v) is 10.0. The molecule has 7 rings (SSSR count). The zero-order chi connectivity index (χ0) is 27.6. The highest BCUT2D eigenvalue weighted by atomic mass is 32.1. The lowest BCUT2D eigenvalue weighted by Gasteiger charge is -2.25. The van der Waals surface area contributed by atoms with E-state index < -0.39 is 0 Å². The van der Waals surface area contributed by atoms with Gasteiger partial charge in [0.05, 0.1) is 13.2 Å². The molecule has 41 heavy (non-hydrogen) atoms. The molecule has 2 aromatic heterocycles. The van der Waals surface area contributed by atoms with Crippen molar-refractivity contribution in [2.24, 2.45) is 5.92 Å². The van der Waals surface area contributed by atoms with E-state index >= 15 is 0 Å². The second kappa shape index (κ2) is 11.7. The Kier molecular flexibility index (Phi) is 7.49. The number of hydrogen-bond donors (Lipinski definition) is 1. The van der Waals surface area contributed by atoms with E-state index in [4.69, 9.17) is 9.47 Å². The highest BCUT2D eigenvalue weighted by Gasteiger charge is 2.21. The van der Waals surface area contributed by atoms with Gasteiger partial charge in [0.15, 0.2) is 0 Å². The van der Waals surface area contributed by atoms with Crippen LogP contribution in [0.25, 0.3) is 53.6 Å². The molecule has 3 nitrogen and oxygen atoms in total. The summed E-state index contributed by atoms with van der Waals surface area (Å²) < 4.78 is 12.8. The summed E-state index contributed by atoms with van der Waals surface area (Å²) >= 11 is 3.51. The van der Waals surface area contributed by atoms with Crippen molar-refractivity contribution in [1.29, 1.82) is 0 Å². The molecule has 6 aromatic rings. The lowest BCUT2D eigenvalue weighted by molar-refractivity contribution is 0.202. The molecule has 0 atom stereocenters. The molecule has 0 spiro atoms. The normalized spacial score (nSPS) is 13.5. The smallest absolute Gasteiger partial charge is 0.128 e. The van der Waals surface area contributed by atoms with Crippen molar-refractivity contribution in [3.63, 3.8) is 0 Å². The molecule has 0 unspecified atom stereocenters. The average Bonchev–Trinajstić information content (AvgIpc) is 3.72. The van der Waals surface area contributed by atoms with Gasteiger partial charge in [-0.1, -0.05) is 67.8 Å². The summed E-state index contributed by atoms with van der Waals surface area (Å²) in [5.41, 5.74) is 4.49. The Balaban J connectivity index is 1.42. The van der Waals surface area contributed by atoms with Crippen molar-refractivity contribution in [3.05, 3.63) is 95.7 Å². The zero-order valence-electron chi connectivity index (χ0n) is 22.8. The summed E-state index contributed by atoms with van der Waals surface area (Å²) in [6.07, 6.45) is 5.05. The van der Waals surface area contributed by atoms with Crippen LogP contribution in [0, 0.1) is 5.92 Å². The minimum absolute atomic E-state index is 0.0424. The number of hydrogen-bond acceptors (Lipinski definition) is 5. The summed E-state index contributed by atoms with van der Waals surface area (Å²) in [7, 11) is 0. The molecule has 0 aliphatic heterocycles. The summed E-state index contributed by atoms with van der Waals surface area (Å²) in [6.45, 7) is 0.896. The molecule has 1 saturated carbocycles. The van der Waals surface area contributed by atoms with Crippen molar-refractivity contribution >= 4 is 44.2 Å². The number of fused-ring (bicyclic) bond motifs is 2. The summed E-state index contributed by atoms with van der Waals surface area (Å²) in [5.74, 6) is 2.42. The van der Waals surface area contributed by atoms with Crippen molar-refractivity contribution in [3.8, 4) is 43.5 Å². The fourth-order valence-electron chi connectivity index (χ4n) is 5.84. The van der Waals surface area contributed by atoms with Crippen LogP contribution in [0.2, 0.25) is 0 Å². The molecule has 206 valence electrons. The molecule has 1 aliphatic rings. The van der Waals surface area contributed by atoms with E-state index in [0.29, 0.717) is 6.61 Å². The molecule has 1 N–H and O–H groups in total. The summed E-state index contributed by atoms with van der Waals surface area (Å²) in [4.78, 5) is 2.51. The van der Waals surface area contributed by atoms with E-state index in [1.807, 2.05) is 6.07 Å². The molecule has 2 heterocycles. The van der Waals surface area contributed by atoms with Gasteiger partial charge in [0.2, 0.25) is 0 Å². The van der Waals surface area contributed by atoms with Crippen LogP contribution < -0.4 is 9.47 Å². The van der Waals surface area contributed by atoms with Crippen molar-refractivity contribution in [2.45, 2.75) is 25.7 Å². The van der Waals surface area contributed by atoms with Crippen LogP contribution in [-0.4, -0.2) is 24.9 Å². The Morgan fingerprint density at radius 1 is 0.659 bits per heavy atom. The maximum absolute atomic E-state index is 9.64. The van der Waals surface area contributed by atoms with Crippen molar-refractivity contribution < 1.29 is 14.6 Å². The van der Waals surface area contributed by atoms with Crippen LogP contribution in [0.5, 0.6) is 11.5 Å². The Morgan fingerprint density at radius 3 is 1.68 bits per heavy atom. The standard InChI is InChI=1S/C36H32O3S2/c37-17-19-39-32-15-11-26-23-28(34-7-3-21-41-34)9-13-30(26)36(32)35-29-12-8-27(33-6-2-20-40-33)22-25(29)10-14-31(35)38-18-16-24-4-1-5-24/h2-3,6-15,20-24,37H,1,4-5,16-19H2. The number of aliphatic hydroxyl groups excluding tert-OH is 1. The van der Waals surface area contributed by atoms with E-state index in [2.05, 4.69) is 89.6 Å². The molecule has 0 amide bonds. The molecule has 5 heteroatoms. The number of thiophene rings is 2. The monoisotopic (exact) mass is 576 g/mol. The van der Waals surface area contributed by atoms with Crippen molar-refractivity contribution in [1.82, 2.24) is 0 Å². The zero-order valence-corrected chi connectivity index (χ0v) is 24.5. The minimum Gasteiger partial charge on any atom is -0.493 e. The average molecular weight is 577 g/mol. The van der Waals surface area contributed by atoms with E-state index in [9.17, 15) is 5.11 Å². The number of ether oxygens (including phenoxy) is 2. The maximum atomic E-state index is 9.64. The van der Waals surface area contributed by atoms with Crippen LogP contribution >= 0.6 is 22.7 Å². The predicted octanol–water partition coefficient (Wildman–Crippen LogP) is 10.1. The van der Waals surface area contributed by atoms with Crippen LogP contribution in [-0.2, 0) is 0 Å². The first kappa shape index (κ1) is 26.3. The Bertz CT molecular complexity index is 1780. The highest BCUT2D eigenvalue weighted by molar-refractivity contribution is 7.13. The molecular formula is C36H32O3S2. The van der Waals surface area contributed by atoms with E-state index in [1.54, 1.807) is 22.7 Å². The first-order valence-corrected chi connectivity index (χ1v) is 16.1. The summed E-state index contributed by atoms with van der Waals surface area (Å²) in [5, 5.41) is 18.4. The second-order valence-electron chi connectivity index (χ2n) is 10.7. The van der Waals surface area contributed by atoms with Gasteiger partial charge < -0.3 is 14.6 Å². The SMILES string of the molecule is OCCOc1ccc2cc(-c3cccs3)ccc2c1-c1c(OCCC2CCC2)ccc2cc(-c3cccs3)ccc12. The van der Waals surface area contributed by atoms with Gasteiger partial charge in [-0.15, -0.1) is 22.7 Å². The van der Waals surface area contributed by atoms with Gasteiger partial charge in [-0.05, 0) is 92.2 Å². The fraction of sp³-hybridized carbons (Fsp3) is 0.222. The van der Waals surface area contributed by atoms with Gasteiger partial charge in [0.1, 0.15) is 18.1 Å². The lowest BCUT2D eigenvalue weighted by atomic mass is 9.83. The van der Waals surface area contributed by atoms with E-state index in [-0.39, 0.29) is 13.2 Å². The Hall–Kier alpha value is -3.64. The van der Waals surface area contributed by atoms with E-state index in [0.717, 1.165) is 56.5 Å². The first-order chi connectivity index (χ1) is 20.3. The summed E-state index contributed by atoms with van der Waals surface area (Å²) in [6, 6.07) is 30.4. The molecule has 0 bridgehead atoms. The van der Waals surface area contributed by atoms with Gasteiger partial charge in [-0.3, -0.25) is 0 Å². The Labute approximate surface area is 248 Å². The minimum atomic E-state index is -0.0424. The maximum Gasteiger partial charge on any atom is 0.128 e. The van der Waals surface area contributed by atoms with Crippen LogP contribution in [0.4, 0.5) is 0 Å². The third kappa shape index (κ3) is 5.26. The molecule has 4 aromatic carbocycles. The lowest BCUT2D eigenvalue weighted by Crippen LogP contribution is -2.14. The fourth-order valence-corrected chi connectivity index (χ4v) is 7.29. The third-order valence-electron chi connectivity index (χ3n) is 8.18. The van der Waals surface area contributed by atoms with E-state index in [1.165, 1.54) is 40.1 Å². The quantitative estimate of drug-likeness (QED) is 0.176. The van der Waals surface area contributed by atoms with Gasteiger partial charge in [0, 0.05) is 20.9 Å². The predicted molar refractivity (Wildman–Crippen MR) is 174 cm³/mol. The largest absolute Gasteiger partial charge is 0.493 e. The van der Waals surface area contributed by atoms with Gasteiger partial charge >= 0.3 is 0 Å². The van der Waals surface area contributed by atoms with Crippen LogP contribution in [0.1, 0.15) is 25.7 Å². The van der Waals surface area contributed by atoms with Crippen LogP contribution in [0.3, 0.4) is 0 Å². The van der Waals surface area contributed by atoms with Gasteiger partial charge in [-0.2, -0.15) is 0 Å². The van der Waals surface area contributed by atoms with Crippen molar-refractivity contribution in [2.75, 3.05) is 19.8 Å². The molecule has 1 fully saturated rings. The molecule has 0 saturated heterocycles. The highest BCUT2D eigenvalue weighted by Crippen LogP contribution is 2.47. The van der Waals surface area contributed by atoms with Gasteiger partial charge in [0.25, 0.3) is 0 Å².